The van der Waals surface area contributed by atoms with Crippen LogP contribution in [0.4, 0.5) is 17.3 Å². The van der Waals surface area contributed by atoms with Crippen molar-refractivity contribution >= 4 is 35.0 Å². The Balaban J connectivity index is 1.80. The molecule has 2 unspecified atom stereocenters. The Morgan fingerprint density at radius 3 is 2.67 bits per heavy atom. The monoisotopic (exact) mass is 386 g/mol. The summed E-state index contributed by atoms with van der Waals surface area (Å²) in [5.74, 6) is 1.26. The van der Waals surface area contributed by atoms with E-state index >= 15 is 0 Å². The number of hydrogen-bond donors (Lipinski definition) is 4. The predicted molar refractivity (Wildman–Crippen MR) is 111 cm³/mol. The van der Waals surface area contributed by atoms with Gasteiger partial charge in [-0.1, -0.05) is 25.0 Å². The number of anilines is 3. The molecule has 0 aliphatic heterocycles. The van der Waals surface area contributed by atoms with Gasteiger partial charge in [0.2, 0.25) is 0 Å². The molecule has 1 fully saturated rings. The maximum atomic E-state index is 11.7. The summed E-state index contributed by atoms with van der Waals surface area (Å²) >= 11 is 1.77. The van der Waals surface area contributed by atoms with Crippen molar-refractivity contribution in [2.45, 2.75) is 43.5 Å². The van der Waals surface area contributed by atoms with E-state index in [0.717, 1.165) is 37.1 Å². The zero-order valence-electron chi connectivity index (χ0n) is 15.4. The minimum atomic E-state index is -0.620. The van der Waals surface area contributed by atoms with Crippen LogP contribution in [0.1, 0.15) is 41.7 Å². The molecule has 7 nitrogen and oxygen atoms in total. The van der Waals surface area contributed by atoms with E-state index in [1.165, 1.54) is 11.8 Å². The van der Waals surface area contributed by atoms with E-state index in [0.29, 0.717) is 11.6 Å². The van der Waals surface area contributed by atoms with E-state index in [-0.39, 0.29) is 17.8 Å². The van der Waals surface area contributed by atoms with Crippen LogP contribution < -0.4 is 22.1 Å². The predicted octanol–water partition coefficient (Wildman–Crippen LogP) is 2.86. The number of nitrogens with zero attached hydrogens (tertiary/aromatic N) is 2. The molecule has 1 aliphatic rings. The molecule has 27 heavy (non-hydrogen) atoms. The van der Waals surface area contributed by atoms with Gasteiger partial charge in [-0.25, -0.2) is 9.97 Å². The molecule has 1 heterocycles. The van der Waals surface area contributed by atoms with Crippen LogP contribution in [-0.4, -0.2) is 34.2 Å². The molecule has 0 saturated heterocycles. The number of primary amides is 1. The second-order valence-corrected chi connectivity index (χ2v) is 7.64. The summed E-state index contributed by atoms with van der Waals surface area (Å²) in [6.07, 6.45) is 7.90. The Kier molecular flexibility index (Phi) is 6.52. The summed E-state index contributed by atoms with van der Waals surface area (Å²) in [6, 6.07) is 8.24. The van der Waals surface area contributed by atoms with Gasteiger partial charge < -0.3 is 22.1 Å². The van der Waals surface area contributed by atoms with E-state index < -0.39 is 5.91 Å². The minimum absolute atomic E-state index is 0.0942. The number of aromatic nitrogens is 2. The Labute approximate surface area is 163 Å². The molecule has 1 saturated carbocycles. The fraction of sp³-hybridized carbons (Fsp3) is 0.421. The smallest absolute Gasteiger partial charge is 0.271 e. The fourth-order valence-electron chi connectivity index (χ4n) is 3.24. The van der Waals surface area contributed by atoms with Crippen LogP contribution in [0.3, 0.4) is 0 Å². The number of benzene rings is 1. The highest BCUT2D eigenvalue weighted by atomic mass is 32.2. The summed E-state index contributed by atoms with van der Waals surface area (Å²) in [4.78, 5) is 20.5. The maximum absolute atomic E-state index is 11.7. The van der Waals surface area contributed by atoms with E-state index in [1.54, 1.807) is 11.8 Å². The lowest BCUT2D eigenvalue weighted by Crippen LogP contribution is -2.42. The van der Waals surface area contributed by atoms with Crippen LogP contribution in [0.5, 0.6) is 0 Å². The van der Waals surface area contributed by atoms with Crippen molar-refractivity contribution in [1.29, 1.82) is 0 Å². The van der Waals surface area contributed by atoms with Crippen LogP contribution >= 0.6 is 11.8 Å². The number of carbonyl (C=O) groups excluding carboxylic acids is 1. The van der Waals surface area contributed by atoms with E-state index in [9.17, 15) is 4.79 Å². The van der Waals surface area contributed by atoms with Crippen LogP contribution in [0, 0.1) is 0 Å². The first kappa shape index (κ1) is 19.4. The summed E-state index contributed by atoms with van der Waals surface area (Å²) in [5, 5.41) is 6.51. The summed E-state index contributed by atoms with van der Waals surface area (Å²) in [7, 11) is 0. The summed E-state index contributed by atoms with van der Waals surface area (Å²) in [5.41, 5.74) is 13.8. The second kappa shape index (κ2) is 9.05. The van der Waals surface area contributed by atoms with Crippen LogP contribution in [0.25, 0.3) is 0 Å². The highest BCUT2D eigenvalue weighted by Gasteiger charge is 2.22. The van der Waals surface area contributed by atoms with E-state index in [4.69, 9.17) is 11.5 Å². The van der Waals surface area contributed by atoms with Crippen LogP contribution in [0.2, 0.25) is 0 Å². The standard InChI is InChI=1S/C19H26N6OS/c1-27-11-12-6-8-13(9-7-12)23-19-17(18(21)26)22-10-16(25-19)24-15-5-3-2-4-14(15)20/h6-10,14-15H,2-5,11,20H2,1H3,(H2,21,26)(H2,23,24,25). The number of amides is 1. The topological polar surface area (TPSA) is 119 Å². The number of carbonyl (C=O) groups is 1. The number of nitrogens with two attached hydrogens (primary N) is 2. The van der Waals surface area contributed by atoms with Crippen molar-refractivity contribution in [1.82, 2.24) is 9.97 Å². The normalized spacial score (nSPS) is 19.5. The quantitative estimate of drug-likeness (QED) is 0.577. The second-order valence-electron chi connectivity index (χ2n) is 6.77. The molecule has 144 valence electrons. The average Bonchev–Trinajstić information content (AvgIpc) is 2.65. The largest absolute Gasteiger partial charge is 0.364 e. The van der Waals surface area contributed by atoms with Crippen molar-refractivity contribution in [3.05, 3.63) is 41.7 Å². The molecular formula is C19H26N6OS. The first-order valence-corrected chi connectivity index (χ1v) is 10.5. The zero-order valence-corrected chi connectivity index (χ0v) is 16.3. The average molecular weight is 387 g/mol. The number of hydrogen-bond acceptors (Lipinski definition) is 7. The minimum Gasteiger partial charge on any atom is -0.364 e. The molecule has 3 rings (SSSR count). The van der Waals surface area contributed by atoms with Gasteiger partial charge in [0.1, 0.15) is 5.82 Å². The Bertz CT molecular complexity index is 782. The van der Waals surface area contributed by atoms with Gasteiger partial charge >= 0.3 is 0 Å². The molecule has 1 amide bonds. The fourth-order valence-corrected chi connectivity index (χ4v) is 3.77. The molecule has 2 atom stereocenters. The van der Waals surface area contributed by atoms with Gasteiger partial charge in [-0.05, 0) is 36.8 Å². The first-order chi connectivity index (χ1) is 13.1. The molecule has 2 aromatic rings. The van der Waals surface area contributed by atoms with Gasteiger partial charge in [0, 0.05) is 23.5 Å². The maximum Gasteiger partial charge on any atom is 0.271 e. The molecule has 1 aromatic heterocycles. The van der Waals surface area contributed by atoms with Crippen molar-refractivity contribution in [2.24, 2.45) is 11.5 Å². The highest BCUT2D eigenvalue weighted by Crippen LogP contribution is 2.23. The molecule has 8 heteroatoms. The third-order valence-corrected chi connectivity index (χ3v) is 5.31. The summed E-state index contributed by atoms with van der Waals surface area (Å²) in [6.45, 7) is 0. The molecular weight excluding hydrogens is 360 g/mol. The SMILES string of the molecule is CSCc1ccc(Nc2nc(NC3CCCCC3N)cnc2C(N)=O)cc1. The van der Waals surface area contributed by atoms with Gasteiger partial charge in [-0.15, -0.1) is 0 Å². The van der Waals surface area contributed by atoms with Crippen LogP contribution in [0.15, 0.2) is 30.5 Å². The Morgan fingerprint density at radius 1 is 1.26 bits per heavy atom. The lowest BCUT2D eigenvalue weighted by molar-refractivity contribution is 0.0996. The lowest BCUT2D eigenvalue weighted by Gasteiger charge is -2.29. The third-order valence-electron chi connectivity index (χ3n) is 4.69. The Morgan fingerprint density at radius 2 is 2.00 bits per heavy atom. The molecule has 6 N–H and O–H groups in total. The molecule has 0 spiro atoms. The van der Waals surface area contributed by atoms with Gasteiger partial charge in [-0.2, -0.15) is 11.8 Å². The number of rotatable bonds is 7. The molecule has 0 bridgehead atoms. The molecule has 1 aromatic carbocycles. The van der Waals surface area contributed by atoms with Gasteiger partial charge in [0.05, 0.1) is 6.20 Å². The van der Waals surface area contributed by atoms with Gasteiger partial charge in [-0.3, -0.25) is 4.79 Å². The molecule has 0 radical (unpaired) electrons. The first-order valence-electron chi connectivity index (χ1n) is 9.10. The lowest BCUT2D eigenvalue weighted by atomic mass is 9.91. The van der Waals surface area contributed by atoms with Crippen LogP contribution in [-0.2, 0) is 5.75 Å². The van der Waals surface area contributed by atoms with Gasteiger partial charge in [0.15, 0.2) is 11.5 Å². The summed E-state index contributed by atoms with van der Waals surface area (Å²) < 4.78 is 0. The zero-order chi connectivity index (χ0) is 19.2. The van der Waals surface area contributed by atoms with Crippen molar-refractivity contribution in [2.75, 3.05) is 16.9 Å². The van der Waals surface area contributed by atoms with Crippen molar-refractivity contribution < 1.29 is 4.79 Å². The number of nitrogens with one attached hydrogen (secondary N) is 2. The van der Waals surface area contributed by atoms with Crippen molar-refractivity contribution in [3.63, 3.8) is 0 Å². The van der Waals surface area contributed by atoms with Crippen molar-refractivity contribution in [3.8, 4) is 0 Å². The number of thioether (sulfide) groups is 1. The van der Waals surface area contributed by atoms with E-state index in [1.807, 2.05) is 24.3 Å². The van der Waals surface area contributed by atoms with Gasteiger partial charge in [0.25, 0.3) is 5.91 Å². The highest BCUT2D eigenvalue weighted by molar-refractivity contribution is 7.97. The third kappa shape index (κ3) is 5.11. The Hall–Kier alpha value is -2.32. The van der Waals surface area contributed by atoms with E-state index in [2.05, 4.69) is 26.9 Å². The molecule has 1 aliphatic carbocycles.